The van der Waals surface area contributed by atoms with Crippen molar-refractivity contribution in [3.8, 4) is 0 Å². The Morgan fingerprint density at radius 3 is 2.92 bits per heavy atom. The molecule has 1 aliphatic heterocycles. The predicted octanol–water partition coefficient (Wildman–Crippen LogP) is 1.22. The fraction of sp³-hybridized carbons (Fsp3) is 0.667. The number of hydrogen-bond donors (Lipinski definition) is 0. The largest absolute Gasteiger partial charge is 0.379 e. The second-order valence-corrected chi connectivity index (χ2v) is 8.99. The fourth-order valence-corrected chi connectivity index (χ4v) is 4.34. The Labute approximate surface area is 151 Å². The van der Waals surface area contributed by atoms with Gasteiger partial charge in [0.15, 0.2) is 0 Å². The third-order valence-electron chi connectivity index (χ3n) is 4.02. The summed E-state index contributed by atoms with van der Waals surface area (Å²) in [5.41, 5.74) is 0.776. The fourth-order valence-electron chi connectivity index (χ4n) is 2.73. The Balaban J connectivity index is 1.79. The van der Waals surface area contributed by atoms with E-state index < -0.39 is 10.0 Å². The van der Waals surface area contributed by atoms with Crippen LogP contribution in [-0.2, 0) is 47.2 Å². The van der Waals surface area contributed by atoms with Crippen LogP contribution in [0.1, 0.15) is 35.7 Å². The molecule has 0 spiro atoms. The lowest BCUT2D eigenvalue weighted by molar-refractivity contribution is 0.139. The van der Waals surface area contributed by atoms with E-state index >= 15 is 0 Å². The van der Waals surface area contributed by atoms with E-state index in [0.717, 1.165) is 29.4 Å². The third-order valence-corrected chi connectivity index (χ3v) is 6.18. The van der Waals surface area contributed by atoms with Crippen LogP contribution in [0, 0.1) is 0 Å². The number of rotatable bonds is 7. The minimum absolute atomic E-state index is 0.187. The first-order valence-electron chi connectivity index (χ1n) is 8.34. The molecule has 3 rings (SSSR count). The van der Waals surface area contributed by atoms with Gasteiger partial charge in [-0.25, -0.2) is 13.4 Å². The van der Waals surface area contributed by atoms with E-state index in [2.05, 4.69) is 22.1 Å². The molecule has 0 aliphatic carbocycles. The SMILES string of the molecule is CCCc1nc(CN(Cc2nnc3n2CCOCC3)S(C)(=O)=O)cs1. The van der Waals surface area contributed by atoms with Crippen molar-refractivity contribution >= 4 is 21.4 Å². The van der Waals surface area contributed by atoms with Crippen LogP contribution in [0.5, 0.6) is 0 Å². The summed E-state index contributed by atoms with van der Waals surface area (Å²) < 4.78 is 33.3. The summed E-state index contributed by atoms with van der Waals surface area (Å²) in [6.07, 6.45) is 3.85. The second kappa shape index (κ2) is 7.90. The molecule has 8 nitrogen and oxygen atoms in total. The van der Waals surface area contributed by atoms with E-state index in [9.17, 15) is 8.42 Å². The molecule has 0 N–H and O–H groups in total. The Morgan fingerprint density at radius 1 is 1.32 bits per heavy atom. The van der Waals surface area contributed by atoms with E-state index in [1.807, 2.05) is 9.95 Å². The molecule has 0 saturated heterocycles. The number of aryl methyl sites for hydroxylation is 1. The van der Waals surface area contributed by atoms with Crippen LogP contribution in [0.15, 0.2) is 5.38 Å². The highest BCUT2D eigenvalue weighted by Crippen LogP contribution is 2.17. The average Bonchev–Trinajstić information content (AvgIpc) is 3.07. The smallest absolute Gasteiger partial charge is 0.211 e. The first-order valence-corrected chi connectivity index (χ1v) is 11.1. The van der Waals surface area contributed by atoms with Gasteiger partial charge in [-0.3, -0.25) is 0 Å². The molecule has 1 aliphatic rings. The molecular weight excluding hydrogens is 362 g/mol. The third kappa shape index (κ3) is 4.63. The van der Waals surface area contributed by atoms with E-state index in [0.29, 0.717) is 32.0 Å². The van der Waals surface area contributed by atoms with Crippen molar-refractivity contribution in [1.29, 1.82) is 0 Å². The van der Waals surface area contributed by atoms with Gasteiger partial charge >= 0.3 is 0 Å². The van der Waals surface area contributed by atoms with Gasteiger partial charge in [0.2, 0.25) is 10.0 Å². The summed E-state index contributed by atoms with van der Waals surface area (Å²) in [5.74, 6) is 1.50. The predicted molar refractivity (Wildman–Crippen MR) is 94.7 cm³/mol. The maximum Gasteiger partial charge on any atom is 0.211 e. The number of hydrogen-bond acceptors (Lipinski definition) is 7. The molecule has 138 valence electrons. The van der Waals surface area contributed by atoms with Crippen LogP contribution < -0.4 is 0 Å². The van der Waals surface area contributed by atoms with Crippen molar-refractivity contribution < 1.29 is 13.2 Å². The molecule has 3 heterocycles. The van der Waals surface area contributed by atoms with Gasteiger partial charge in [0.1, 0.15) is 11.6 Å². The van der Waals surface area contributed by atoms with Gasteiger partial charge < -0.3 is 9.30 Å². The summed E-state index contributed by atoms with van der Waals surface area (Å²) in [5, 5.41) is 11.4. The number of nitrogens with zero attached hydrogens (tertiary/aromatic N) is 5. The van der Waals surface area contributed by atoms with Crippen LogP contribution in [0.2, 0.25) is 0 Å². The Kier molecular flexibility index (Phi) is 5.82. The number of thiazole rings is 1. The molecule has 0 amide bonds. The molecule has 0 atom stereocenters. The van der Waals surface area contributed by atoms with Gasteiger partial charge in [-0.2, -0.15) is 4.31 Å². The second-order valence-electron chi connectivity index (χ2n) is 6.06. The van der Waals surface area contributed by atoms with Crippen molar-refractivity contribution in [2.45, 2.75) is 45.8 Å². The molecule has 2 aromatic rings. The standard InChI is InChI=1S/C15H23N5O3S2/c1-3-4-15-16-12(11-24-15)9-19(25(2,21)22)10-14-18-17-13-5-7-23-8-6-20(13)14/h11H,3-10H2,1-2H3. The van der Waals surface area contributed by atoms with Crippen LogP contribution in [0.4, 0.5) is 0 Å². The first kappa shape index (κ1) is 18.4. The van der Waals surface area contributed by atoms with Crippen molar-refractivity contribution in [2.24, 2.45) is 0 Å². The summed E-state index contributed by atoms with van der Waals surface area (Å²) in [4.78, 5) is 4.53. The number of fused-ring (bicyclic) bond motifs is 1. The van der Waals surface area contributed by atoms with Gasteiger partial charge in [0.25, 0.3) is 0 Å². The van der Waals surface area contributed by atoms with Gasteiger partial charge in [-0.05, 0) is 12.8 Å². The monoisotopic (exact) mass is 385 g/mol. The lowest BCUT2D eigenvalue weighted by Crippen LogP contribution is -2.30. The molecule has 10 heteroatoms. The molecular formula is C15H23N5O3S2. The minimum atomic E-state index is -3.39. The molecule has 0 unspecified atom stereocenters. The maximum atomic E-state index is 12.2. The zero-order valence-corrected chi connectivity index (χ0v) is 16.1. The lowest BCUT2D eigenvalue weighted by Gasteiger charge is -2.19. The number of aromatic nitrogens is 4. The number of sulfonamides is 1. The van der Waals surface area contributed by atoms with E-state index in [-0.39, 0.29) is 13.1 Å². The molecule has 0 saturated carbocycles. The van der Waals surface area contributed by atoms with Crippen LogP contribution in [-0.4, -0.2) is 51.9 Å². The number of ether oxygens (including phenoxy) is 1. The summed E-state index contributed by atoms with van der Waals surface area (Å²) in [6.45, 7) is 4.39. The topological polar surface area (TPSA) is 90.2 Å². The Hall–Kier alpha value is -1.36. The summed E-state index contributed by atoms with van der Waals surface area (Å²) in [6, 6.07) is 0. The van der Waals surface area contributed by atoms with Crippen LogP contribution in [0.3, 0.4) is 0 Å². The molecule has 0 aromatic carbocycles. The van der Waals surface area contributed by atoms with Gasteiger partial charge in [0, 0.05) is 18.3 Å². The van der Waals surface area contributed by atoms with Crippen molar-refractivity contribution in [1.82, 2.24) is 24.1 Å². The van der Waals surface area contributed by atoms with Gasteiger partial charge in [-0.1, -0.05) is 6.92 Å². The molecule has 0 fully saturated rings. The maximum absolute atomic E-state index is 12.2. The highest BCUT2D eigenvalue weighted by atomic mass is 32.2. The van der Waals surface area contributed by atoms with Gasteiger partial charge in [0.05, 0.1) is 43.3 Å². The van der Waals surface area contributed by atoms with Crippen molar-refractivity contribution in [3.05, 3.63) is 27.7 Å². The van der Waals surface area contributed by atoms with Gasteiger partial charge in [-0.15, -0.1) is 21.5 Å². The molecule has 25 heavy (non-hydrogen) atoms. The lowest BCUT2D eigenvalue weighted by atomic mass is 10.3. The highest BCUT2D eigenvalue weighted by Gasteiger charge is 2.23. The van der Waals surface area contributed by atoms with Crippen LogP contribution >= 0.6 is 11.3 Å². The average molecular weight is 386 g/mol. The first-order chi connectivity index (χ1) is 12.0. The Bertz CT molecular complexity index is 815. The summed E-state index contributed by atoms with van der Waals surface area (Å²) >= 11 is 1.58. The molecule has 0 radical (unpaired) electrons. The zero-order valence-electron chi connectivity index (χ0n) is 14.5. The quantitative estimate of drug-likeness (QED) is 0.712. The summed E-state index contributed by atoms with van der Waals surface area (Å²) in [7, 11) is -3.39. The molecule has 2 aromatic heterocycles. The van der Waals surface area contributed by atoms with E-state index in [4.69, 9.17) is 4.74 Å². The van der Waals surface area contributed by atoms with Crippen molar-refractivity contribution in [2.75, 3.05) is 19.5 Å². The Morgan fingerprint density at radius 2 is 2.16 bits per heavy atom. The zero-order chi connectivity index (χ0) is 17.9. The molecule has 0 bridgehead atoms. The normalized spacial score (nSPS) is 15.3. The van der Waals surface area contributed by atoms with Crippen molar-refractivity contribution in [3.63, 3.8) is 0 Å². The van der Waals surface area contributed by atoms with Crippen LogP contribution in [0.25, 0.3) is 0 Å². The van der Waals surface area contributed by atoms with E-state index in [1.165, 1.54) is 10.6 Å². The minimum Gasteiger partial charge on any atom is -0.379 e. The highest BCUT2D eigenvalue weighted by molar-refractivity contribution is 7.88. The van der Waals surface area contributed by atoms with E-state index in [1.54, 1.807) is 11.3 Å².